The van der Waals surface area contributed by atoms with Crippen molar-refractivity contribution in [3.63, 3.8) is 0 Å². The van der Waals surface area contributed by atoms with Gasteiger partial charge < -0.3 is 39.6 Å². The lowest BCUT2D eigenvalue weighted by Crippen LogP contribution is -2.45. The Hall–Kier alpha value is -5.99. The molecule has 0 unspecified atom stereocenters. The van der Waals surface area contributed by atoms with Crippen molar-refractivity contribution in [1.29, 1.82) is 0 Å². The molecule has 3 amide bonds. The molecule has 1 saturated heterocycles. The summed E-state index contributed by atoms with van der Waals surface area (Å²) in [5.41, 5.74) is 0.382. The van der Waals surface area contributed by atoms with Crippen LogP contribution >= 0.6 is 0 Å². The van der Waals surface area contributed by atoms with Gasteiger partial charge in [0.15, 0.2) is 11.5 Å². The quantitative estimate of drug-likeness (QED) is 0.136. The van der Waals surface area contributed by atoms with Gasteiger partial charge in [-0.2, -0.15) is 13.2 Å². The summed E-state index contributed by atoms with van der Waals surface area (Å²) in [6.45, 7) is 6.41. The first-order valence-electron chi connectivity index (χ1n) is 16.8. The predicted octanol–water partition coefficient (Wildman–Crippen LogP) is 8.39. The molecule has 3 heterocycles. The molecule has 5 aromatic rings. The number of fused-ring (bicyclic) bond motifs is 1. The number of methoxy groups -OCH3 is 2. The van der Waals surface area contributed by atoms with Crippen molar-refractivity contribution in [2.24, 2.45) is 0 Å². The number of halogens is 3. The summed E-state index contributed by atoms with van der Waals surface area (Å²) in [7, 11) is 3.06. The molecule has 6 rings (SSSR count). The van der Waals surface area contributed by atoms with Crippen molar-refractivity contribution in [1.82, 2.24) is 15.5 Å². The Morgan fingerprint density at radius 2 is 1.57 bits per heavy atom. The van der Waals surface area contributed by atoms with E-state index in [4.69, 9.17) is 18.7 Å². The third-order valence-corrected chi connectivity index (χ3v) is 8.76. The number of carbonyl (C=O) groups excluding carboxylic acids is 2. The van der Waals surface area contributed by atoms with Crippen LogP contribution in [0.15, 0.2) is 77.4 Å². The molecule has 0 saturated carbocycles. The maximum absolute atomic E-state index is 14.3. The van der Waals surface area contributed by atoms with Crippen LogP contribution in [0, 0.1) is 0 Å². The molecule has 1 fully saturated rings. The minimum Gasteiger partial charge on any atom is -0.493 e. The lowest BCUT2D eigenvalue weighted by Gasteiger charge is -2.35. The molecule has 0 spiro atoms. The number of hydrogen-bond donors (Lipinski definition) is 3. The number of anilines is 3. The molecule has 53 heavy (non-hydrogen) atoms. The highest BCUT2D eigenvalue weighted by atomic mass is 19.4. The zero-order valence-electron chi connectivity index (χ0n) is 29.8. The van der Waals surface area contributed by atoms with Gasteiger partial charge in [-0.25, -0.2) is 4.79 Å². The number of hydrogen-bond acceptors (Lipinski definition) is 9. The summed E-state index contributed by atoms with van der Waals surface area (Å²) < 4.78 is 65.1. The fourth-order valence-corrected chi connectivity index (χ4v) is 5.97. The van der Waals surface area contributed by atoms with Gasteiger partial charge in [-0.05, 0) is 55.3 Å². The fourth-order valence-electron chi connectivity index (χ4n) is 5.97. The van der Waals surface area contributed by atoms with E-state index in [2.05, 4.69) is 26.1 Å². The molecule has 0 atom stereocenters. The van der Waals surface area contributed by atoms with Gasteiger partial charge in [0, 0.05) is 71.4 Å². The Labute approximate surface area is 303 Å². The number of amides is 3. The van der Waals surface area contributed by atoms with E-state index in [1.807, 2.05) is 20.8 Å². The first-order valence-corrected chi connectivity index (χ1v) is 16.8. The highest BCUT2D eigenvalue weighted by molar-refractivity contribution is 6.00. The van der Waals surface area contributed by atoms with Crippen LogP contribution in [0.1, 0.15) is 55.4 Å². The number of nitrogens with one attached hydrogen (secondary N) is 3. The first kappa shape index (κ1) is 36.8. The maximum Gasteiger partial charge on any atom is 0.418 e. The van der Waals surface area contributed by atoms with Gasteiger partial charge in [0.05, 0.1) is 31.0 Å². The normalized spacial score (nSPS) is 13.8. The summed E-state index contributed by atoms with van der Waals surface area (Å²) in [6, 6.07) is 16.0. The van der Waals surface area contributed by atoms with Gasteiger partial charge in [-0.3, -0.25) is 9.78 Å². The number of pyridine rings is 1. The van der Waals surface area contributed by atoms with Crippen LogP contribution in [0.4, 0.5) is 35.0 Å². The Morgan fingerprint density at radius 3 is 2.23 bits per heavy atom. The Kier molecular flexibility index (Phi) is 10.4. The average molecular weight is 733 g/mol. The fraction of sp³-hybridized carbons (Fsp3) is 0.316. The summed E-state index contributed by atoms with van der Waals surface area (Å²) in [5, 5.41) is 12.7. The Balaban J connectivity index is 1.09. The van der Waals surface area contributed by atoms with Crippen LogP contribution in [0.5, 0.6) is 23.0 Å². The van der Waals surface area contributed by atoms with Gasteiger partial charge in [0.2, 0.25) is 5.76 Å². The number of carbonyl (C=O) groups is 2. The SMILES string of the molecule is COc1cc2nccc(Oc3cccc(NC(=O)Nc4ccc(N5CCC(NC(=O)c6cc(C(C)(C)C)no6)CC5)c(C(F)(F)F)c4)c3)c2cc1OC. The molecule has 1 aliphatic rings. The highest BCUT2D eigenvalue weighted by Crippen LogP contribution is 2.40. The van der Waals surface area contributed by atoms with E-state index in [0.717, 1.165) is 6.07 Å². The third kappa shape index (κ3) is 8.56. The van der Waals surface area contributed by atoms with Crippen molar-refractivity contribution >= 4 is 39.9 Å². The van der Waals surface area contributed by atoms with Crippen molar-refractivity contribution < 1.29 is 41.5 Å². The standard InChI is InChI=1S/C38H39F3N6O6/c1-37(2,3)34-21-33(53-46-34)35(48)43-22-12-15-47(16-13-22)29-10-9-24(18-27(29)38(39,40)41)45-36(49)44-23-7-6-8-25(17-23)52-30-11-14-42-28-20-32(51-5)31(50-4)19-26(28)30/h6-11,14,17-22H,12-13,15-16H2,1-5H3,(H,43,48)(H2,44,45,49). The Bertz CT molecular complexity index is 2120. The van der Waals surface area contributed by atoms with E-state index in [9.17, 15) is 22.8 Å². The number of rotatable bonds is 9. The second-order valence-electron chi connectivity index (χ2n) is 13.5. The van der Waals surface area contributed by atoms with E-state index in [-0.39, 0.29) is 41.7 Å². The number of aromatic nitrogens is 2. The minimum absolute atomic E-state index is 0.0113. The highest BCUT2D eigenvalue weighted by Gasteiger charge is 2.36. The second kappa shape index (κ2) is 14.9. The van der Waals surface area contributed by atoms with Gasteiger partial charge in [-0.1, -0.05) is 32.0 Å². The number of piperidine rings is 1. The van der Waals surface area contributed by atoms with Crippen LogP contribution in [0.3, 0.4) is 0 Å². The average Bonchev–Trinajstić information content (AvgIpc) is 3.63. The van der Waals surface area contributed by atoms with Gasteiger partial charge >= 0.3 is 12.2 Å². The molecule has 278 valence electrons. The van der Waals surface area contributed by atoms with Crippen LogP contribution < -0.4 is 35.1 Å². The molecule has 0 aliphatic carbocycles. The zero-order chi connectivity index (χ0) is 37.9. The molecule has 3 N–H and O–H groups in total. The molecular weight excluding hydrogens is 693 g/mol. The number of urea groups is 1. The largest absolute Gasteiger partial charge is 0.493 e. The van der Waals surface area contributed by atoms with E-state index >= 15 is 0 Å². The van der Waals surface area contributed by atoms with Crippen LogP contribution in [-0.4, -0.2) is 55.4 Å². The summed E-state index contributed by atoms with van der Waals surface area (Å²) in [6.07, 6.45) is -2.25. The topological polar surface area (TPSA) is 140 Å². The molecule has 0 radical (unpaired) electrons. The smallest absolute Gasteiger partial charge is 0.418 e. The monoisotopic (exact) mass is 732 g/mol. The van der Waals surface area contributed by atoms with E-state index in [1.54, 1.807) is 59.6 Å². The zero-order valence-corrected chi connectivity index (χ0v) is 29.8. The van der Waals surface area contributed by atoms with Gasteiger partial charge in [-0.15, -0.1) is 0 Å². The number of benzene rings is 3. The predicted molar refractivity (Wildman–Crippen MR) is 193 cm³/mol. The van der Waals surface area contributed by atoms with Crippen molar-refractivity contribution in [3.8, 4) is 23.0 Å². The van der Waals surface area contributed by atoms with Crippen LogP contribution in [-0.2, 0) is 11.6 Å². The molecule has 0 bridgehead atoms. The van der Waals surface area contributed by atoms with Crippen molar-refractivity contribution in [2.75, 3.05) is 42.8 Å². The molecule has 12 nitrogen and oxygen atoms in total. The summed E-state index contributed by atoms with van der Waals surface area (Å²) in [5.74, 6) is 1.56. The van der Waals surface area contributed by atoms with Crippen molar-refractivity contribution in [2.45, 2.75) is 51.2 Å². The van der Waals surface area contributed by atoms with Gasteiger partial charge in [0.1, 0.15) is 11.5 Å². The molecule has 2 aromatic heterocycles. The summed E-state index contributed by atoms with van der Waals surface area (Å²) >= 11 is 0. The van der Waals surface area contributed by atoms with E-state index < -0.39 is 23.7 Å². The Morgan fingerprint density at radius 1 is 0.868 bits per heavy atom. The molecule has 3 aromatic carbocycles. The molecular formula is C38H39F3N6O6. The lowest BCUT2D eigenvalue weighted by molar-refractivity contribution is -0.137. The first-order chi connectivity index (χ1) is 25.2. The van der Waals surface area contributed by atoms with Crippen LogP contribution in [0.25, 0.3) is 10.9 Å². The third-order valence-electron chi connectivity index (χ3n) is 8.76. The van der Waals surface area contributed by atoms with E-state index in [1.165, 1.54) is 26.4 Å². The molecule has 15 heteroatoms. The lowest BCUT2D eigenvalue weighted by atomic mass is 9.92. The number of ether oxygens (including phenoxy) is 3. The number of alkyl halides is 3. The molecule has 1 aliphatic heterocycles. The van der Waals surface area contributed by atoms with Crippen LogP contribution in [0.2, 0.25) is 0 Å². The van der Waals surface area contributed by atoms with E-state index in [0.29, 0.717) is 58.1 Å². The minimum atomic E-state index is -4.69. The second-order valence-corrected chi connectivity index (χ2v) is 13.5. The number of nitrogens with zero attached hydrogens (tertiary/aromatic N) is 3. The van der Waals surface area contributed by atoms with Crippen molar-refractivity contribution in [3.05, 3.63) is 89.9 Å². The summed E-state index contributed by atoms with van der Waals surface area (Å²) in [4.78, 5) is 31.7. The maximum atomic E-state index is 14.3. The van der Waals surface area contributed by atoms with Gasteiger partial charge in [0.25, 0.3) is 5.91 Å².